The lowest BCUT2D eigenvalue weighted by molar-refractivity contribution is 0.430. The lowest BCUT2D eigenvalue weighted by Crippen LogP contribution is -2.27. The number of H-pyrrole nitrogens is 1. The van der Waals surface area contributed by atoms with Crippen LogP contribution in [0.3, 0.4) is 0 Å². The van der Waals surface area contributed by atoms with Crippen molar-refractivity contribution in [1.29, 1.82) is 0 Å². The number of benzene rings is 1. The fraction of sp³-hybridized carbons (Fsp3) is 0.438. The highest BCUT2D eigenvalue weighted by Gasteiger charge is 2.17. The SMILES string of the molecule is CC(NCC(c1ccccc1)C(C)C)c1ncc[nH]1. The van der Waals surface area contributed by atoms with Crippen molar-refractivity contribution in [3.8, 4) is 0 Å². The van der Waals surface area contributed by atoms with Crippen molar-refractivity contribution in [2.45, 2.75) is 32.7 Å². The number of nitrogens with one attached hydrogen (secondary N) is 2. The molecule has 2 aromatic rings. The second-order valence-electron chi connectivity index (χ2n) is 5.37. The molecule has 19 heavy (non-hydrogen) atoms. The molecule has 0 radical (unpaired) electrons. The molecule has 2 atom stereocenters. The van der Waals surface area contributed by atoms with Crippen molar-refractivity contribution < 1.29 is 0 Å². The fourth-order valence-corrected chi connectivity index (χ4v) is 2.35. The van der Waals surface area contributed by atoms with Crippen LogP contribution in [0.5, 0.6) is 0 Å². The van der Waals surface area contributed by atoms with Crippen molar-refractivity contribution >= 4 is 0 Å². The van der Waals surface area contributed by atoms with Gasteiger partial charge in [0.25, 0.3) is 0 Å². The zero-order valence-electron chi connectivity index (χ0n) is 11.9. The fourth-order valence-electron chi connectivity index (χ4n) is 2.35. The highest BCUT2D eigenvalue weighted by atomic mass is 15.0. The normalized spacial score (nSPS) is 14.5. The van der Waals surface area contributed by atoms with Crippen LogP contribution < -0.4 is 5.32 Å². The van der Waals surface area contributed by atoms with E-state index in [2.05, 4.69) is 66.4 Å². The lowest BCUT2D eigenvalue weighted by atomic mass is 9.88. The number of hydrogen-bond donors (Lipinski definition) is 2. The summed E-state index contributed by atoms with van der Waals surface area (Å²) in [5.41, 5.74) is 1.40. The topological polar surface area (TPSA) is 40.7 Å². The summed E-state index contributed by atoms with van der Waals surface area (Å²) in [5.74, 6) is 2.13. The first-order chi connectivity index (χ1) is 9.18. The molecular weight excluding hydrogens is 234 g/mol. The Morgan fingerprint density at radius 2 is 1.89 bits per heavy atom. The molecular formula is C16H23N3. The molecule has 2 unspecified atom stereocenters. The molecule has 0 saturated carbocycles. The number of aromatic nitrogens is 2. The lowest BCUT2D eigenvalue weighted by Gasteiger charge is -2.23. The molecule has 0 aliphatic rings. The predicted octanol–water partition coefficient (Wildman–Crippen LogP) is 3.50. The van der Waals surface area contributed by atoms with Gasteiger partial charge in [0.05, 0.1) is 6.04 Å². The summed E-state index contributed by atoms with van der Waals surface area (Å²) in [7, 11) is 0. The Bertz CT molecular complexity index is 462. The Labute approximate surface area is 115 Å². The minimum atomic E-state index is 0.250. The number of imidazole rings is 1. The molecule has 0 aliphatic heterocycles. The number of rotatable bonds is 6. The number of aromatic amines is 1. The minimum absolute atomic E-state index is 0.250. The second-order valence-corrected chi connectivity index (χ2v) is 5.37. The molecule has 1 aromatic carbocycles. The number of nitrogens with zero attached hydrogens (tertiary/aromatic N) is 1. The molecule has 2 N–H and O–H groups in total. The van der Waals surface area contributed by atoms with E-state index in [1.54, 1.807) is 6.20 Å². The van der Waals surface area contributed by atoms with Crippen molar-refractivity contribution in [3.05, 3.63) is 54.1 Å². The first-order valence-electron chi connectivity index (χ1n) is 6.96. The third-order valence-electron chi connectivity index (χ3n) is 3.61. The van der Waals surface area contributed by atoms with Crippen LogP contribution >= 0.6 is 0 Å². The second kappa shape index (κ2) is 6.53. The van der Waals surface area contributed by atoms with Gasteiger partial charge in [-0.1, -0.05) is 44.2 Å². The van der Waals surface area contributed by atoms with Crippen molar-refractivity contribution in [3.63, 3.8) is 0 Å². The summed E-state index contributed by atoms with van der Waals surface area (Å²) in [6.07, 6.45) is 3.66. The van der Waals surface area contributed by atoms with Crippen LogP contribution in [-0.4, -0.2) is 16.5 Å². The molecule has 0 fully saturated rings. The van der Waals surface area contributed by atoms with E-state index in [-0.39, 0.29) is 6.04 Å². The Morgan fingerprint density at radius 1 is 1.16 bits per heavy atom. The van der Waals surface area contributed by atoms with Crippen LogP contribution in [0.2, 0.25) is 0 Å². The number of hydrogen-bond acceptors (Lipinski definition) is 2. The molecule has 0 aliphatic carbocycles. The highest BCUT2D eigenvalue weighted by molar-refractivity contribution is 5.20. The van der Waals surface area contributed by atoms with Gasteiger partial charge in [0.15, 0.2) is 0 Å². The molecule has 3 heteroatoms. The third-order valence-corrected chi connectivity index (χ3v) is 3.61. The van der Waals surface area contributed by atoms with Crippen molar-refractivity contribution in [1.82, 2.24) is 15.3 Å². The summed E-state index contributed by atoms with van der Waals surface area (Å²) in [6.45, 7) is 7.65. The van der Waals surface area contributed by atoms with E-state index in [1.165, 1.54) is 5.56 Å². The Kier molecular flexibility index (Phi) is 4.74. The van der Waals surface area contributed by atoms with E-state index in [4.69, 9.17) is 0 Å². The molecule has 0 saturated heterocycles. The quantitative estimate of drug-likeness (QED) is 0.831. The zero-order valence-corrected chi connectivity index (χ0v) is 11.9. The Hall–Kier alpha value is -1.61. The van der Waals surface area contributed by atoms with E-state index in [1.807, 2.05) is 6.20 Å². The minimum Gasteiger partial charge on any atom is -0.347 e. The van der Waals surface area contributed by atoms with Gasteiger partial charge in [0, 0.05) is 18.9 Å². The molecule has 3 nitrogen and oxygen atoms in total. The van der Waals surface area contributed by atoms with Gasteiger partial charge in [-0.05, 0) is 24.3 Å². The van der Waals surface area contributed by atoms with E-state index < -0.39 is 0 Å². The molecule has 1 aromatic heterocycles. The molecule has 2 rings (SSSR count). The molecule has 0 bridgehead atoms. The van der Waals surface area contributed by atoms with Gasteiger partial charge in [-0.25, -0.2) is 4.98 Å². The molecule has 1 heterocycles. The van der Waals surface area contributed by atoms with Crippen LogP contribution in [0.4, 0.5) is 0 Å². The summed E-state index contributed by atoms with van der Waals surface area (Å²) in [5, 5.41) is 3.57. The van der Waals surface area contributed by atoms with Gasteiger partial charge in [-0.2, -0.15) is 0 Å². The van der Waals surface area contributed by atoms with Gasteiger partial charge < -0.3 is 10.3 Å². The summed E-state index contributed by atoms with van der Waals surface area (Å²) >= 11 is 0. The van der Waals surface area contributed by atoms with Crippen LogP contribution in [0.1, 0.15) is 44.1 Å². The van der Waals surface area contributed by atoms with Gasteiger partial charge in [0.1, 0.15) is 5.82 Å². The maximum Gasteiger partial charge on any atom is 0.122 e. The van der Waals surface area contributed by atoms with Gasteiger partial charge in [-0.15, -0.1) is 0 Å². The maximum absolute atomic E-state index is 4.29. The summed E-state index contributed by atoms with van der Waals surface area (Å²) < 4.78 is 0. The smallest absolute Gasteiger partial charge is 0.122 e. The first-order valence-corrected chi connectivity index (χ1v) is 6.96. The largest absolute Gasteiger partial charge is 0.347 e. The zero-order chi connectivity index (χ0) is 13.7. The van der Waals surface area contributed by atoms with E-state index in [9.17, 15) is 0 Å². The first kappa shape index (κ1) is 13.8. The average molecular weight is 257 g/mol. The van der Waals surface area contributed by atoms with E-state index >= 15 is 0 Å². The maximum atomic E-state index is 4.29. The predicted molar refractivity (Wildman–Crippen MR) is 79.0 cm³/mol. The average Bonchev–Trinajstić information content (AvgIpc) is 2.93. The summed E-state index contributed by atoms with van der Waals surface area (Å²) in [4.78, 5) is 7.45. The van der Waals surface area contributed by atoms with E-state index in [0.29, 0.717) is 11.8 Å². The van der Waals surface area contributed by atoms with Gasteiger partial charge >= 0.3 is 0 Å². The molecule has 102 valence electrons. The molecule has 0 spiro atoms. The third kappa shape index (κ3) is 3.67. The van der Waals surface area contributed by atoms with Crippen molar-refractivity contribution in [2.24, 2.45) is 5.92 Å². The van der Waals surface area contributed by atoms with Crippen LogP contribution in [0.15, 0.2) is 42.7 Å². The molecule has 0 amide bonds. The van der Waals surface area contributed by atoms with Gasteiger partial charge in [0.2, 0.25) is 0 Å². The monoisotopic (exact) mass is 257 g/mol. The van der Waals surface area contributed by atoms with Crippen LogP contribution in [0.25, 0.3) is 0 Å². The van der Waals surface area contributed by atoms with Crippen LogP contribution in [-0.2, 0) is 0 Å². The Balaban J connectivity index is 1.98. The van der Waals surface area contributed by atoms with Gasteiger partial charge in [-0.3, -0.25) is 0 Å². The highest BCUT2D eigenvalue weighted by Crippen LogP contribution is 2.24. The summed E-state index contributed by atoms with van der Waals surface area (Å²) in [6, 6.07) is 11.0. The van der Waals surface area contributed by atoms with Crippen molar-refractivity contribution in [2.75, 3.05) is 6.54 Å². The van der Waals surface area contributed by atoms with E-state index in [0.717, 1.165) is 12.4 Å². The van der Waals surface area contributed by atoms with Crippen LogP contribution in [0, 0.1) is 5.92 Å². The standard InChI is InChI=1S/C16H23N3/c1-12(2)15(14-7-5-4-6-8-14)11-19-13(3)16-17-9-10-18-16/h4-10,12-13,15,19H,11H2,1-3H3,(H,17,18). The Morgan fingerprint density at radius 3 is 2.47 bits per heavy atom.